The number of aliphatic hydroxyl groups is 1. The van der Waals surface area contributed by atoms with Crippen molar-refractivity contribution in [3.8, 4) is 0 Å². The highest BCUT2D eigenvalue weighted by atomic mass is 32.2. The molecule has 0 saturated heterocycles. The first-order valence-corrected chi connectivity index (χ1v) is 9.65. The van der Waals surface area contributed by atoms with E-state index in [-0.39, 0.29) is 0 Å². The summed E-state index contributed by atoms with van der Waals surface area (Å²) in [4.78, 5) is 5.45. The van der Waals surface area contributed by atoms with E-state index >= 15 is 0 Å². The van der Waals surface area contributed by atoms with Crippen molar-refractivity contribution in [3.63, 3.8) is 0 Å². The summed E-state index contributed by atoms with van der Waals surface area (Å²) in [7, 11) is 0. The molecule has 0 aliphatic rings. The quantitative estimate of drug-likeness (QED) is 0.370. The number of hydrogen-bond acceptors (Lipinski definition) is 4. The predicted molar refractivity (Wildman–Crippen MR) is 95.5 cm³/mol. The van der Waals surface area contributed by atoms with Crippen molar-refractivity contribution >= 4 is 29.1 Å². The van der Waals surface area contributed by atoms with Crippen LogP contribution in [0.2, 0.25) is 0 Å². The number of nitrogens with one attached hydrogen (secondary N) is 2. The van der Waals surface area contributed by atoms with Crippen molar-refractivity contribution in [2.75, 3.05) is 31.6 Å². The Bertz CT molecular complexity index is 405. The second-order valence-corrected chi connectivity index (χ2v) is 7.01. The molecule has 0 aliphatic carbocycles. The van der Waals surface area contributed by atoms with Gasteiger partial charge in [-0.05, 0) is 50.1 Å². The molecule has 1 unspecified atom stereocenters. The monoisotopic (exact) mass is 329 g/mol. The molecule has 1 aromatic rings. The summed E-state index contributed by atoms with van der Waals surface area (Å²) in [6, 6.07) is 3.90. The van der Waals surface area contributed by atoms with Gasteiger partial charge < -0.3 is 15.7 Å². The van der Waals surface area contributed by atoms with Crippen molar-refractivity contribution in [3.05, 3.63) is 22.4 Å². The third-order valence-electron chi connectivity index (χ3n) is 3.01. The summed E-state index contributed by atoms with van der Waals surface area (Å²) in [6.07, 6.45) is 4.47. The molecule has 1 heterocycles. The largest absolute Gasteiger partial charge is 0.383 e. The summed E-state index contributed by atoms with van der Waals surface area (Å²) in [5.74, 6) is 1.97. The molecule has 0 aliphatic heterocycles. The molecule has 1 aromatic heterocycles. The Morgan fingerprint density at radius 2 is 2.24 bits per heavy atom. The van der Waals surface area contributed by atoms with E-state index in [9.17, 15) is 5.11 Å². The second-order valence-electron chi connectivity index (χ2n) is 5.07. The molecular weight excluding hydrogens is 302 g/mol. The zero-order valence-corrected chi connectivity index (χ0v) is 14.8. The van der Waals surface area contributed by atoms with Gasteiger partial charge in [-0.25, -0.2) is 4.99 Å². The number of rotatable bonds is 9. The van der Waals surface area contributed by atoms with Crippen molar-refractivity contribution in [1.82, 2.24) is 10.6 Å². The topological polar surface area (TPSA) is 56.7 Å². The van der Waals surface area contributed by atoms with E-state index in [2.05, 4.69) is 21.9 Å². The fraction of sp³-hybridized carbons (Fsp3) is 0.667. The fourth-order valence-electron chi connectivity index (χ4n) is 1.82. The lowest BCUT2D eigenvalue weighted by molar-refractivity contribution is 0.0711. The minimum Gasteiger partial charge on any atom is -0.383 e. The molecular formula is C15H27N3OS2. The molecule has 120 valence electrons. The molecule has 0 amide bonds. The first kappa shape index (κ1) is 18.3. The third-order valence-corrected chi connectivity index (χ3v) is 4.83. The molecule has 4 nitrogen and oxygen atoms in total. The lowest BCUT2D eigenvalue weighted by Crippen LogP contribution is -2.39. The molecule has 3 N–H and O–H groups in total. The average molecular weight is 330 g/mol. The number of guanidine groups is 1. The molecule has 1 atom stereocenters. The zero-order chi connectivity index (χ0) is 15.6. The number of thiophene rings is 1. The number of hydrogen-bond donors (Lipinski definition) is 3. The molecule has 0 radical (unpaired) electrons. The van der Waals surface area contributed by atoms with Crippen LogP contribution in [0.15, 0.2) is 22.5 Å². The maximum Gasteiger partial charge on any atom is 0.191 e. The minimum atomic E-state index is -0.907. The Kier molecular flexibility index (Phi) is 8.80. The number of nitrogens with zero attached hydrogens (tertiary/aromatic N) is 1. The van der Waals surface area contributed by atoms with Crippen LogP contribution in [0, 0.1) is 0 Å². The second kappa shape index (κ2) is 10.1. The molecule has 6 heteroatoms. The van der Waals surface area contributed by atoms with Crippen LogP contribution in [-0.4, -0.2) is 42.7 Å². The van der Waals surface area contributed by atoms with Crippen LogP contribution >= 0.6 is 23.1 Å². The lowest BCUT2D eigenvalue weighted by Gasteiger charge is -2.20. The summed E-state index contributed by atoms with van der Waals surface area (Å²) in [5, 5.41) is 19.0. The van der Waals surface area contributed by atoms with Gasteiger partial charge in [0.15, 0.2) is 5.96 Å². The van der Waals surface area contributed by atoms with Gasteiger partial charge in [0.25, 0.3) is 0 Å². The van der Waals surface area contributed by atoms with Gasteiger partial charge >= 0.3 is 0 Å². The van der Waals surface area contributed by atoms with Gasteiger partial charge in [-0.3, -0.25) is 0 Å². The molecule has 0 fully saturated rings. The minimum absolute atomic E-state index is 0.355. The van der Waals surface area contributed by atoms with E-state index in [1.165, 1.54) is 12.2 Å². The normalized spacial score (nSPS) is 14.8. The molecule has 1 rings (SSSR count). The van der Waals surface area contributed by atoms with Gasteiger partial charge in [0.1, 0.15) is 5.60 Å². The van der Waals surface area contributed by atoms with Gasteiger partial charge in [-0.2, -0.15) is 11.8 Å². The maximum absolute atomic E-state index is 10.5. The van der Waals surface area contributed by atoms with E-state index in [1.807, 2.05) is 43.1 Å². The van der Waals surface area contributed by atoms with Crippen LogP contribution in [-0.2, 0) is 5.60 Å². The van der Waals surface area contributed by atoms with Crippen molar-refractivity contribution in [2.24, 2.45) is 4.99 Å². The molecule has 0 spiro atoms. The standard InChI is InChI=1S/C15H27N3OS2/c1-4-16-14(17-9-5-6-10-20-3)18-12-15(2,19)13-8-7-11-21-13/h7-8,11,19H,4-6,9-10,12H2,1-3H3,(H2,16,17,18). The van der Waals surface area contributed by atoms with E-state index in [0.29, 0.717) is 6.54 Å². The van der Waals surface area contributed by atoms with Crippen molar-refractivity contribution < 1.29 is 5.11 Å². The fourth-order valence-corrected chi connectivity index (χ4v) is 3.09. The van der Waals surface area contributed by atoms with E-state index in [0.717, 1.165) is 30.3 Å². The summed E-state index contributed by atoms with van der Waals surface area (Å²) in [5.41, 5.74) is -0.907. The highest BCUT2D eigenvalue weighted by Gasteiger charge is 2.23. The summed E-state index contributed by atoms with van der Waals surface area (Å²) >= 11 is 3.44. The predicted octanol–water partition coefficient (Wildman–Crippen LogP) is 2.65. The van der Waals surface area contributed by atoms with Crippen LogP contribution in [0.1, 0.15) is 31.6 Å². The highest BCUT2D eigenvalue weighted by molar-refractivity contribution is 7.98. The number of aliphatic imine (C=N–C) groups is 1. The number of thioether (sulfide) groups is 1. The Morgan fingerprint density at radius 3 is 2.86 bits per heavy atom. The Morgan fingerprint density at radius 1 is 1.43 bits per heavy atom. The third kappa shape index (κ3) is 7.20. The molecule has 21 heavy (non-hydrogen) atoms. The first-order chi connectivity index (χ1) is 10.1. The van der Waals surface area contributed by atoms with Crippen LogP contribution in [0.3, 0.4) is 0 Å². The van der Waals surface area contributed by atoms with Gasteiger partial charge in [0, 0.05) is 18.0 Å². The SMILES string of the molecule is CCNC(=NCC(C)(O)c1cccs1)NCCCCSC. The van der Waals surface area contributed by atoms with Gasteiger partial charge in [0.05, 0.1) is 6.54 Å². The van der Waals surface area contributed by atoms with E-state index < -0.39 is 5.60 Å². The van der Waals surface area contributed by atoms with Crippen LogP contribution < -0.4 is 10.6 Å². The van der Waals surface area contributed by atoms with Crippen molar-refractivity contribution in [2.45, 2.75) is 32.3 Å². The summed E-state index contributed by atoms with van der Waals surface area (Å²) < 4.78 is 0. The molecule has 0 saturated carbocycles. The Labute approximate surface area is 136 Å². The average Bonchev–Trinajstić information content (AvgIpc) is 2.99. The zero-order valence-electron chi connectivity index (χ0n) is 13.2. The first-order valence-electron chi connectivity index (χ1n) is 7.37. The smallest absolute Gasteiger partial charge is 0.191 e. The lowest BCUT2D eigenvalue weighted by atomic mass is 10.1. The highest BCUT2D eigenvalue weighted by Crippen LogP contribution is 2.25. The van der Waals surface area contributed by atoms with Gasteiger partial charge in [-0.15, -0.1) is 11.3 Å². The van der Waals surface area contributed by atoms with Crippen LogP contribution in [0.4, 0.5) is 0 Å². The Hall–Kier alpha value is -0.720. The van der Waals surface area contributed by atoms with Crippen LogP contribution in [0.5, 0.6) is 0 Å². The maximum atomic E-state index is 10.5. The molecule has 0 aromatic carbocycles. The van der Waals surface area contributed by atoms with E-state index in [1.54, 1.807) is 11.3 Å². The van der Waals surface area contributed by atoms with Crippen LogP contribution in [0.25, 0.3) is 0 Å². The number of unbranched alkanes of at least 4 members (excludes halogenated alkanes) is 1. The van der Waals surface area contributed by atoms with E-state index in [4.69, 9.17) is 0 Å². The van der Waals surface area contributed by atoms with Gasteiger partial charge in [-0.1, -0.05) is 6.07 Å². The van der Waals surface area contributed by atoms with Crippen molar-refractivity contribution in [1.29, 1.82) is 0 Å². The van der Waals surface area contributed by atoms with Gasteiger partial charge in [0.2, 0.25) is 0 Å². The molecule has 0 bridgehead atoms. The summed E-state index contributed by atoms with van der Waals surface area (Å²) in [6.45, 7) is 5.94. The Balaban J connectivity index is 2.47.